The summed E-state index contributed by atoms with van der Waals surface area (Å²) in [5.41, 5.74) is 10.2. The van der Waals surface area contributed by atoms with Crippen molar-refractivity contribution in [2.24, 2.45) is 11.5 Å². The van der Waals surface area contributed by atoms with Crippen LogP contribution in [0.5, 0.6) is 0 Å². The molecule has 9 heteroatoms. The van der Waals surface area contributed by atoms with Crippen LogP contribution < -0.4 is 11.5 Å². The monoisotopic (exact) mass is 279 g/mol. The second-order valence-electron chi connectivity index (χ2n) is 3.96. The highest BCUT2D eigenvalue weighted by Gasteiger charge is 2.60. The quantitative estimate of drug-likeness (QED) is 0.495. The van der Waals surface area contributed by atoms with Crippen molar-refractivity contribution in [3.8, 4) is 0 Å². The molecule has 1 heterocycles. The number of aliphatic hydroxyl groups is 2. The molecule has 1 aliphatic heterocycles. The van der Waals surface area contributed by atoms with E-state index in [0.717, 1.165) is 12.3 Å². The van der Waals surface area contributed by atoms with Crippen molar-refractivity contribution in [3.05, 3.63) is 24.6 Å². The van der Waals surface area contributed by atoms with E-state index in [1.807, 2.05) is 0 Å². The largest absolute Gasteiger partial charge is 0.399 e. The van der Waals surface area contributed by atoms with Gasteiger partial charge in [0.1, 0.15) is 6.10 Å². The zero-order valence-corrected chi connectivity index (χ0v) is 9.87. The second-order valence-corrected chi connectivity index (χ2v) is 3.96. The number of carbonyl (C=O) groups excluding carboxylic acids is 1. The molecule has 0 radical (unpaired) electrons. The van der Waals surface area contributed by atoms with E-state index in [4.69, 9.17) is 21.3 Å². The summed E-state index contributed by atoms with van der Waals surface area (Å²) in [6, 6.07) is -1.23. The Balaban J connectivity index is 3.03. The van der Waals surface area contributed by atoms with E-state index in [1.54, 1.807) is 0 Å². The number of carbonyl (C=O) groups is 1. The van der Waals surface area contributed by atoms with Crippen LogP contribution in [0, 0.1) is 0 Å². The molecule has 3 atom stereocenters. The fraction of sp³-hybridized carbons (Fsp3) is 0.500. The lowest BCUT2D eigenvalue weighted by Crippen LogP contribution is -2.51. The molecule has 6 N–H and O–H groups in total. The maximum Gasteiger partial charge on any atom is 0.321 e. The Bertz CT molecular complexity index is 402. The molecule has 0 spiro atoms. The number of urea groups is 1. The lowest BCUT2D eigenvalue weighted by molar-refractivity contribution is -0.144. The van der Waals surface area contributed by atoms with Crippen molar-refractivity contribution in [2.75, 3.05) is 6.61 Å². The third-order valence-electron chi connectivity index (χ3n) is 2.52. The molecule has 19 heavy (non-hydrogen) atoms. The molecule has 0 aromatic carbocycles. The Hall–Kier alpha value is -1.71. The predicted octanol–water partition coefficient (Wildman–Crippen LogP) is -0.933. The highest BCUT2D eigenvalue weighted by atomic mass is 19.3. The number of allylic oxidation sites excluding steroid dienone is 1. The molecular weight excluding hydrogens is 264 g/mol. The fourth-order valence-corrected chi connectivity index (χ4v) is 1.56. The highest BCUT2D eigenvalue weighted by Crippen LogP contribution is 2.38. The second kappa shape index (κ2) is 5.51. The topological polar surface area (TPSA) is 122 Å². The lowest BCUT2D eigenvalue weighted by Gasteiger charge is -2.27. The highest BCUT2D eigenvalue weighted by molar-refractivity contribution is 5.73. The van der Waals surface area contributed by atoms with Crippen molar-refractivity contribution in [3.63, 3.8) is 0 Å². The summed E-state index contributed by atoms with van der Waals surface area (Å²) >= 11 is 0. The van der Waals surface area contributed by atoms with Crippen LogP contribution in [0.25, 0.3) is 0 Å². The summed E-state index contributed by atoms with van der Waals surface area (Å²) < 4.78 is 32.2. The van der Waals surface area contributed by atoms with Gasteiger partial charge in [0.05, 0.1) is 6.61 Å². The molecule has 1 aliphatic rings. The van der Waals surface area contributed by atoms with Gasteiger partial charge in [-0.3, -0.25) is 4.90 Å². The molecule has 7 nitrogen and oxygen atoms in total. The van der Waals surface area contributed by atoms with E-state index in [2.05, 4.69) is 6.58 Å². The fourth-order valence-electron chi connectivity index (χ4n) is 1.56. The van der Waals surface area contributed by atoms with E-state index in [0.29, 0.717) is 4.90 Å². The van der Waals surface area contributed by atoms with Gasteiger partial charge < -0.3 is 26.4 Å². The van der Waals surface area contributed by atoms with Gasteiger partial charge in [-0.25, -0.2) is 4.79 Å². The molecular formula is C10H15F2N3O4. The van der Waals surface area contributed by atoms with Crippen LogP contribution in [0.4, 0.5) is 13.6 Å². The van der Waals surface area contributed by atoms with Crippen LogP contribution in [-0.4, -0.2) is 52.1 Å². The first-order chi connectivity index (χ1) is 8.71. The van der Waals surface area contributed by atoms with Gasteiger partial charge in [-0.05, 0) is 6.08 Å². The number of hydrogen-bond acceptors (Lipinski definition) is 5. The predicted molar refractivity (Wildman–Crippen MR) is 60.6 cm³/mol. The third kappa shape index (κ3) is 3.00. The van der Waals surface area contributed by atoms with Crippen molar-refractivity contribution in [1.29, 1.82) is 0 Å². The molecule has 108 valence electrons. The van der Waals surface area contributed by atoms with Gasteiger partial charge in [0, 0.05) is 11.9 Å². The average molecular weight is 279 g/mol. The Morgan fingerprint density at radius 2 is 2.11 bits per heavy atom. The van der Waals surface area contributed by atoms with E-state index in [9.17, 15) is 18.7 Å². The smallest absolute Gasteiger partial charge is 0.321 e. The van der Waals surface area contributed by atoms with Gasteiger partial charge in [0.2, 0.25) is 6.23 Å². The van der Waals surface area contributed by atoms with Gasteiger partial charge in [0.25, 0.3) is 0 Å². The maximum atomic E-state index is 13.8. The van der Waals surface area contributed by atoms with Crippen LogP contribution >= 0.6 is 0 Å². The molecule has 0 aromatic heterocycles. The van der Waals surface area contributed by atoms with E-state index < -0.39 is 37.0 Å². The first-order valence-electron chi connectivity index (χ1n) is 5.24. The number of nitrogens with two attached hydrogens (primary N) is 2. The van der Waals surface area contributed by atoms with Crippen LogP contribution in [0.15, 0.2) is 24.6 Å². The van der Waals surface area contributed by atoms with Crippen LogP contribution in [0.2, 0.25) is 0 Å². The van der Waals surface area contributed by atoms with Crippen molar-refractivity contribution in [1.82, 2.24) is 4.90 Å². The third-order valence-corrected chi connectivity index (χ3v) is 2.52. The molecule has 0 aromatic rings. The zero-order chi connectivity index (χ0) is 14.8. The summed E-state index contributed by atoms with van der Waals surface area (Å²) in [5, 5.41) is 18.1. The Labute approximate surface area is 107 Å². The maximum absolute atomic E-state index is 13.8. The van der Waals surface area contributed by atoms with Crippen molar-refractivity contribution in [2.45, 2.75) is 24.4 Å². The van der Waals surface area contributed by atoms with Gasteiger partial charge in [0.15, 0.2) is 6.10 Å². The van der Waals surface area contributed by atoms with Gasteiger partial charge in [-0.2, -0.15) is 8.78 Å². The summed E-state index contributed by atoms with van der Waals surface area (Å²) in [7, 11) is 0. The Morgan fingerprint density at radius 1 is 1.53 bits per heavy atom. The van der Waals surface area contributed by atoms with Crippen molar-refractivity contribution < 1.29 is 28.5 Å². The normalized spacial score (nSPS) is 29.6. The first-order valence-corrected chi connectivity index (χ1v) is 5.24. The van der Waals surface area contributed by atoms with Gasteiger partial charge >= 0.3 is 12.0 Å². The van der Waals surface area contributed by atoms with Gasteiger partial charge in [-0.15, -0.1) is 0 Å². The van der Waals surface area contributed by atoms with Crippen LogP contribution in [0.1, 0.15) is 0 Å². The molecule has 0 aliphatic carbocycles. The molecule has 0 unspecified atom stereocenters. The average Bonchev–Trinajstić information content (AvgIpc) is 2.52. The van der Waals surface area contributed by atoms with Crippen molar-refractivity contribution >= 4 is 6.03 Å². The number of primary amides is 1. The SMILES string of the molecule is C=C(N)/C=C\N(C(N)=O)[C@@H]1O[C@H](CO)[C@@H](O)C1(F)F. The Morgan fingerprint density at radius 3 is 2.47 bits per heavy atom. The number of aliphatic hydroxyl groups excluding tert-OH is 2. The molecule has 0 saturated carbocycles. The van der Waals surface area contributed by atoms with E-state index in [-0.39, 0.29) is 5.70 Å². The summed E-state index contributed by atoms with van der Waals surface area (Å²) in [5.74, 6) is -3.79. The molecule has 1 fully saturated rings. The van der Waals surface area contributed by atoms with Crippen LogP contribution in [-0.2, 0) is 4.74 Å². The van der Waals surface area contributed by atoms with E-state index in [1.165, 1.54) is 0 Å². The van der Waals surface area contributed by atoms with Gasteiger partial charge in [-0.1, -0.05) is 6.58 Å². The minimum atomic E-state index is -3.79. The number of nitrogens with zero attached hydrogens (tertiary/aromatic N) is 1. The molecule has 1 saturated heterocycles. The summed E-state index contributed by atoms with van der Waals surface area (Å²) in [4.78, 5) is 11.5. The minimum absolute atomic E-state index is 0.00631. The summed E-state index contributed by atoms with van der Waals surface area (Å²) in [6.45, 7) is 2.46. The minimum Gasteiger partial charge on any atom is -0.399 e. The molecule has 1 rings (SSSR count). The molecule has 2 amide bonds. The summed E-state index contributed by atoms with van der Waals surface area (Å²) in [6.07, 6.45) is -3.96. The first kappa shape index (κ1) is 15.3. The van der Waals surface area contributed by atoms with E-state index >= 15 is 0 Å². The number of alkyl halides is 2. The standard InChI is InChI=1S/C10H15F2N3O4/c1-5(13)2-3-15(9(14)18)8-10(11,12)7(17)6(4-16)19-8/h2-3,6-8,16-17H,1,4,13H2,(H2,14,18)/b3-2-/t6-,7-,8-/m1/s1. The number of hydrogen-bond donors (Lipinski definition) is 4. The number of halogens is 2. The Kier molecular flexibility index (Phi) is 4.45. The molecule has 0 bridgehead atoms. The number of amides is 2. The lowest BCUT2D eigenvalue weighted by atomic mass is 10.1. The zero-order valence-electron chi connectivity index (χ0n) is 9.87. The number of ether oxygens (including phenoxy) is 1. The van der Waals surface area contributed by atoms with Crippen LogP contribution in [0.3, 0.4) is 0 Å². The number of rotatable bonds is 4.